The molecule has 0 heterocycles. The molecule has 0 aromatic heterocycles. The van der Waals surface area contributed by atoms with E-state index in [0.717, 1.165) is 18.5 Å². The van der Waals surface area contributed by atoms with Gasteiger partial charge in [-0.05, 0) is 31.0 Å². The minimum atomic E-state index is -0.0686. The highest BCUT2D eigenvalue weighted by atomic mass is 16.3. The molecule has 0 aliphatic rings. The highest BCUT2D eigenvalue weighted by Crippen LogP contribution is 2.21. The van der Waals surface area contributed by atoms with Gasteiger partial charge >= 0.3 is 0 Å². The fraction of sp³-hybridized carbons (Fsp3) is 0.533. The van der Waals surface area contributed by atoms with Crippen LogP contribution >= 0.6 is 0 Å². The third-order valence-electron chi connectivity index (χ3n) is 3.61. The summed E-state index contributed by atoms with van der Waals surface area (Å²) in [5, 5.41) is 21.5. The summed E-state index contributed by atoms with van der Waals surface area (Å²) in [6, 6.07) is 9.94. The molecule has 0 aliphatic heterocycles. The van der Waals surface area contributed by atoms with Crippen molar-refractivity contribution in [1.82, 2.24) is 5.32 Å². The van der Waals surface area contributed by atoms with Gasteiger partial charge in [-0.1, -0.05) is 26.0 Å². The van der Waals surface area contributed by atoms with Gasteiger partial charge in [0.2, 0.25) is 0 Å². The molecule has 2 N–H and O–H groups in total. The number of aliphatic hydroxyl groups excluding tert-OH is 1. The summed E-state index contributed by atoms with van der Waals surface area (Å²) < 4.78 is 0. The van der Waals surface area contributed by atoms with Crippen LogP contribution in [0.3, 0.4) is 0 Å². The maximum atomic E-state index is 9.36. The largest absolute Gasteiger partial charge is 0.396 e. The molecule has 0 aliphatic carbocycles. The maximum absolute atomic E-state index is 9.36. The molecule has 1 aromatic carbocycles. The lowest BCUT2D eigenvalue weighted by Gasteiger charge is -2.28. The van der Waals surface area contributed by atoms with Crippen molar-refractivity contribution < 1.29 is 5.11 Å². The first-order valence-electron chi connectivity index (χ1n) is 6.39. The molecule has 0 bridgehead atoms. The lowest BCUT2D eigenvalue weighted by atomic mass is 9.88. The Balaban J connectivity index is 2.60. The van der Waals surface area contributed by atoms with Crippen molar-refractivity contribution in [2.75, 3.05) is 13.2 Å². The van der Waals surface area contributed by atoms with Gasteiger partial charge in [0.05, 0.1) is 11.6 Å². The maximum Gasteiger partial charge on any atom is 0.0991 e. The summed E-state index contributed by atoms with van der Waals surface area (Å²) in [4.78, 5) is 0. The van der Waals surface area contributed by atoms with Gasteiger partial charge < -0.3 is 10.4 Å². The van der Waals surface area contributed by atoms with E-state index in [1.54, 1.807) is 0 Å². The zero-order chi connectivity index (χ0) is 13.6. The summed E-state index contributed by atoms with van der Waals surface area (Å²) in [6.45, 7) is 7.22. The van der Waals surface area contributed by atoms with Crippen LogP contribution in [0.2, 0.25) is 0 Å². The van der Waals surface area contributed by atoms with Crippen molar-refractivity contribution >= 4 is 0 Å². The molecule has 3 nitrogen and oxygen atoms in total. The topological polar surface area (TPSA) is 56.0 Å². The Morgan fingerprint density at radius 3 is 2.44 bits per heavy atom. The number of benzene rings is 1. The number of rotatable bonds is 6. The van der Waals surface area contributed by atoms with Crippen molar-refractivity contribution in [3.05, 3.63) is 35.4 Å². The first-order chi connectivity index (χ1) is 8.54. The lowest BCUT2D eigenvalue weighted by Crippen LogP contribution is -2.35. The van der Waals surface area contributed by atoms with E-state index >= 15 is 0 Å². The standard InChI is InChI=1S/C15H22N2O/c1-4-15(3,11-18)10-17-12(2)14-7-5-13(9-16)6-8-14/h5-8,12,17-18H,4,10-11H2,1-3H3. The van der Waals surface area contributed by atoms with Gasteiger partial charge in [-0.15, -0.1) is 0 Å². The average molecular weight is 246 g/mol. The van der Waals surface area contributed by atoms with E-state index in [4.69, 9.17) is 5.26 Å². The Hall–Kier alpha value is -1.37. The number of hydrogen-bond donors (Lipinski definition) is 2. The molecule has 98 valence electrons. The van der Waals surface area contributed by atoms with Crippen LogP contribution in [0.4, 0.5) is 0 Å². The third kappa shape index (κ3) is 3.83. The molecule has 2 unspecified atom stereocenters. The Kier molecular flexibility index (Phi) is 5.33. The van der Waals surface area contributed by atoms with E-state index in [1.165, 1.54) is 0 Å². The molecule has 18 heavy (non-hydrogen) atoms. The number of nitrogens with zero attached hydrogens (tertiary/aromatic N) is 1. The van der Waals surface area contributed by atoms with Crippen LogP contribution in [-0.4, -0.2) is 18.3 Å². The highest BCUT2D eigenvalue weighted by molar-refractivity contribution is 5.32. The molecule has 1 rings (SSSR count). The Bertz CT molecular complexity index is 401. The van der Waals surface area contributed by atoms with E-state index in [1.807, 2.05) is 24.3 Å². The fourth-order valence-corrected chi connectivity index (χ4v) is 1.66. The molecule has 0 saturated heterocycles. The minimum absolute atomic E-state index is 0.0686. The number of hydrogen-bond acceptors (Lipinski definition) is 3. The van der Waals surface area contributed by atoms with Crippen LogP contribution in [0, 0.1) is 16.7 Å². The van der Waals surface area contributed by atoms with Crippen molar-refractivity contribution in [2.45, 2.75) is 33.2 Å². The van der Waals surface area contributed by atoms with E-state index in [9.17, 15) is 5.11 Å². The molecule has 0 spiro atoms. The SMILES string of the molecule is CCC(C)(CO)CNC(C)c1ccc(C#N)cc1. The van der Waals surface area contributed by atoms with Gasteiger partial charge in [0.1, 0.15) is 0 Å². The zero-order valence-corrected chi connectivity index (χ0v) is 11.4. The van der Waals surface area contributed by atoms with Crippen LogP contribution in [-0.2, 0) is 0 Å². The van der Waals surface area contributed by atoms with Gasteiger partial charge in [-0.3, -0.25) is 0 Å². The van der Waals surface area contributed by atoms with E-state index in [2.05, 4.69) is 32.2 Å². The predicted molar refractivity (Wildman–Crippen MR) is 73.1 cm³/mol. The van der Waals surface area contributed by atoms with Gasteiger partial charge in [-0.25, -0.2) is 0 Å². The van der Waals surface area contributed by atoms with Crippen LogP contribution < -0.4 is 5.32 Å². The molecule has 0 radical (unpaired) electrons. The van der Waals surface area contributed by atoms with Gasteiger partial charge in [0.25, 0.3) is 0 Å². The Labute approximate surface area is 109 Å². The molecule has 3 heteroatoms. The first kappa shape index (κ1) is 14.7. The fourth-order valence-electron chi connectivity index (χ4n) is 1.66. The van der Waals surface area contributed by atoms with E-state index < -0.39 is 0 Å². The zero-order valence-electron chi connectivity index (χ0n) is 11.4. The Morgan fingerprint density at radius 2 is 2.00 bits per heavy atom. The van der Waals surface area contributed by atoms with E-state index in [-0.39, 0.29) is 18.1 Å². The van der Waals surface area contributed by atoms with Crippen LogP contribution in [0.5, 0.6) is 0 Å². The minimum Gasteiger partial charge on any atom is -0.396 e. The smallest absolute Gasteiger partial charge is 0.0991 e. The van der Waals surface area contributed by atoms with Crippen LogP contribution in [0.15, 0.2) is 24.3 Å². The lowest BCUT2D eigenvalue weighted by molar-refractivity contribution is 0.132. The molecule has 0 fully saturated rings. The summed E-state index contributed by atoms with van der Waals surface area (Å²) in [7, 11) is 0. The van der Waals surface area contributed by atoms with Crippen molar-refractivity contribution in [2.24, 2.45) is 5.41 Å². The molecule has 0 saturated carbocycles. The quantitative estimate of drug-likeness (QED) is 0.811. The van der Waals surface area contributed by atoms with Crippen molar-refractivity contribution in [1.29, 1.82) is 5.26 Å². The number of nitrogens with one attached hydrogen (secondary N) is 1. The molecule has 1 aromatic rings. The summed E-state index contributed by atoms with van der Waals surface area (Å²) in [5.74, 6) is 0. The van der Waals surface area contributed by atoms with Crippen molar-refractivity contribution in [3.8, 4) is 6.07 Å². The first-order valence-corrected chi connectivity index (χ1v) is 6.39. The predicted octanol–water partition coefficient (Wildman–Crippen LogP) is 2.62. The second kappa shape index (κ2) is 6.53. The number of nitriles is 1. The van der Waals surface area contributed by atoms with Gasteiger partial charge in [-0.2, -0.15) is 5.26 Å². The van der Waals surface area contributed by atoms with Crippen LogP contribution in [0.25, 0.3) is 0 Å². The monoisotopic (exact) mass is 246 g/mol. The van der Waals surface area contributed by atoms with Crippen LogP contribution in [0.1, 0.15) is 44.4 Å². The second-order valence-electron chi connectivity index (χ2n) is 5.16. The molecule has 0 amide bonds. The molecular weight excluding hydrogens is 224 g/mol. The number of aliphatic hydroxyl groups is 1. The normalized spacial score (nSPS) is 15.7. The summed E-state index contributed by atoms with van der Waals surface area (Å²) in [5.41, 5.74) is 1.77. The summed E-state index contributed by atoms with van der Waals surface area (Å²) in [6.07, 6.45) is 0.941. The van der Waals surface area contributed by atoms with Crippen molar-refractivity contribution in [3.63, 3.8) is 0 Å². The third-order valence-corrected chi connectivity index (χ3v) is 3.61. The van der Waals surface area contributed by atoms with E-state index in [0.29, 0.717) is 5.56 Å². The average Bonchev–Trinajstić information content (AvgIpc) is 2.44. The Morgan fingerprint density at radius 1 is 1.39 bits per heavy atom. The summed E-state index contributed by atoms with van der Waals surface area (Å²) >= 11 is 0. The van der Waals surface area contributed by atoms with Gasteiger partial charge in [0, 0.05) is 24.6 Å². The van der Waals surface area contributed by atoms with Gasteiger partial charge in [0.15, 0.2) is 0 Å². The highest BCUT2D eigenvalue weighted by Gasteiger charge is 2.21. The second-order valence-corrected chi connectivity index (χ2v) is 5.16. The molecule has 2 atom stereocenters. The molecular formula is C15H22N2O.